The molecule has 7 nitrogen and oxygen atoms in total. The van der Waals surface area contributed by atoms with E-state index < -0.39 is 9.84 Å². The van der Waals surface area contributed by atoms with Crippen LogP contribution in [0.3, 0.4) is 0 Å². The fraction of sp³-hybridized carbons (Fsp3) is 0.531. The average Bonchev–Trinajstić information content (AvgIpc) is 3.28. The van der Waals surface area contributed by atoms with Crippen LogP contribution in [0.25, 0.3) is 11.0 Å². The number of aryl methyl sites for hydroxylation is 1. The molecule has 220 valence electrons. The van der Waals surface area contributed by atoms with E-state index in [-0.39, 0.29) is 16.2 Å². The van der Waals surface area contributed by atoms with Crippen molar-refractivity contribution in [2.75, 3.05) is 32.5 Å². The van der Waals surface area contributed by atoms with Crippen molar-refractivity contribution in [2.45, 2.75) is 77.9 Å². The maximum Gasteiger partial charge on any atom is 0.197 e. The molecule has 0 aliphatic carbocycles. The SMILES string of the molecule is CCCCc1oc2ccc(CS(C)(=O)=O)cc2c1C(=O)c1ccc(OCCC[N+]([O-])(CCCC)CCCC)cc1. The number of hydrogen-bond donors (Lipinski definition) is 0. The molecule has 0 spiro atoms. The second-order valence-corrected chi connectivity index (χ2v) is 13.0. The predicted octanol–water partition coefficient (Wildman–Crippen LogP) is 7.23. The minimum Gasteiger partial charge on any atom is -0.633 e. The summed E-state index contributed by atoms with van der Waals surface area (Å²) in [5, 5.41) is 13.8. The number of rotatable bonds is 18. The third-order valence-corrected chi connectivity index (χ3v) is 8.03. The fourth-order valence-electron chi connectivity index (χ4n) is 4.97. The molecule has 0 saturated carbocycles. The lowest BCUT2D eigenvalue weighted by Gasteiger charge is -2.43. The van der Waals surface area contributed by atoms with Gasteiger partial charge in [-0.25, -0.2) is 8.42 Å². The van der Waals surface area contributed by atoms with Gasteiger partial charge in [-0.2, -0.15) is 0 Å². The number of ether oxygens (including phenoxy) is 1. The first-order valence-electron chi connectivity index (χ1n) is 14.7. The van der Waals surface area contributed by atoms with Crippen molar-refractivity contribution in [1.82, 2.24) is 0 Å². The summed E-state index contributed by atoms with van der Waals surface area (Å²) in [6.07, 6.45) is 8.26. The number of benzene rings is 2. The standard InChI is InChI=1S/C32H45NO6S/c1-5-8-12-30-31(28-23-25(24-40(4,36)37)13-18-29(28)39-30)32(34)26-14-16-27(17-15-26)38-22-11-21-33(35,19-9-6-2)20-10-7-3/h13-18,23H,5-12,19-22,24H2,1-4H3. The number of carbonyl (C=O) groups excluding carboxylic acids is 1. The topological polar surface area (TPSA) is 96.6 Å². The molecule has 0 saturated heterocycles. The summed E-state index contributed by atoms with van der Waals surface area (Å²) in [5.74, 6) is 1.03. The minimum absolute atomic E-state index is 0.0956. The van der Waals surface area contributed by atoms with E-state index in [1.54, 1.807) is 42.5 Å². The zero-order valence-corrected chi connectivity index (χ0v) is 25.4. The molecule has 8 heteroatoms. The Hall–Kier alpha value is -2.68. The van der Waals surface area contributed by atoms with Crippen molar-refractivity contribution < 1.29 is 27.0 Å². The number of unbranched alkanes of at least 4 members (excludes halogenated alkanes) is 3. The van der Waals surface area contributed by atoms with Gasteiger partial charge in [0.1, 0.15) is 17.1 Å². The maximum absolute atomic E-state index is 13.7. The van der Waals surface area contributed by atoms with Crippen molar-refractivity contribution in [1.29, 1.82) is 0 Å². The molecule has 2 aromatic carbocycles. The van der Waals surface area contributed by atoms with Gasteiger partial charge >= 0.3 is 0 Å². The summed E-state index contributed by atoms with van der Waals surface area (Å²) in [5.41, 5.74) is 2.21. The lowest BCUT2D eigenvalue weighted by molar-refractivity contribution is -0.881. The van der Waals surface area contributed by atoms with Crippen molar-refractivity contribution in [3.63, 3.8) is 0 Å². The smallest absolute Gasteiger partial charge is 0.197 e. The lowest BCUT2D eigenvalue weighted by Crippen LogP contribution is -2.44. The van der Waals surface area contributed by atoms with Gasteiger partial charge in [0.15, 0.2) is 15.6 Å². The van der Waals surface area contributed by atoms with Crippen molar-refractivity contribution in [2.24, 2.45) is 0 Å². The Morgan fingerprint density at radius 2 is 1.52 bits per heavy atom. The first kappa shape index (κ1) is 31.8. The molecule has 0 bridgehead atoms. The van der Waals surface area contributed by atoms with Gasteiger partial charge in [-0.1, -0.05) is 46.1 Å². The van der Waals surface area contributed by atoms with E-state index in [0.29, 0.717) is 78.3 Å². The Morgan fingerprint density at radius 1 is 0.900 bits per heavy atom. The van der Waals surface area contributed by atoms with Crippen LogP contribution >= 0.6 is 0 Å². The van der Waals surface area contributed by atoms with E-state index in [1.807, 2.05) is 0 Å². The highest BCUT2D eigenvalue weighted by molar-refractivity contribution is 7.89. The van der Waals surface area contributed by atoms with Gasteiger partial charge < -0.3 is 19.0 Å². The molecule has 0 fully saturated rings. The number of fused-ring (bicyclic) bond motifs is 1. The summed E-state index contributed by atoms with van der Waals surface area (Å²) in [7, 11) is -3.22. The Bertz CT molecular complexity index is 1340. The number of sulfone groups is 1. The van der Waals surface area contributed by atoms with E-state index in [1.165, 1.54) is 6.26 Å². The van der Waals surface area contributed by atoms with Crippen LogP contribution in [-0.4, -0.2) is 51.3 Å². The number of carbonyl (C=O) groups is 1. The van der Waals surface area contributed by atoms with Crippen molar-refractivity contribution in [3.8, 4) is 5.75 Å². The predicted molar refractivity (Wildman–Crippen MR) is 161 cm³/mol. The molecule has 0 amide bonds. The Labute approximate surface area is 239 Å². The van der Waals surface area contributed by atoms with Gasteiger partial charge in [-0.05, 0) is 61.2 Å². The summed E-state index contributed by atoms with van der Waals surface area (Å²) in [6, 6.07) is 12.3. The van der Waals surface area contributed by atoms with Gasteiger partial charge in [0.2, 0.25) is 0 Å². The third kappa shape index (κ3) is 9.18. The quantitative estimate of drug-likeness (QED) is 0.0691. The molecule has 0 aliphatic heterocycles. The molecule has 1 aromatic heterocycles. The third-order valence-electron chi connectivity index (χ3n) is 7.17. The molecule has 0 N–H and O–H groups in total. The second-order valence-electron chi connectivity index (χ2n) is 10.9. The van der Waals surface area contributed by atoms with Crippen LogP contribution < -0.4 is 4.74 Å². The number of nitrogens with zero attached hydrogens (tertiary/aromatic N) is 1. The fourth-order valence-corrected chi connectivity index (χ4v) is 5.75. The molecule has 3 rings (SSSR count). The van der Waals surface area contributed by atoms with Crippen LogP contribution in [0.2, 0.25) is 0 Å². The monoisotopic (exact) mass is 571 g/mol. The number of hydrogen-bond acceptors (Lipinski definition) is 6. The normalized spacial score (nSPS) is 12.2. The molecular formula is C32H45NO6S. The molecule has 0 atom stereocenters. The van der Waals surface area contributed by atoms with Crippen LogP contribution in [0.5, 0.6) is 5.75 Å². The van der Waals surface area contributed by atoms with Crippen LogP contribution in [-0.2, 0) is 22.0 Å². The maximum atomic E-state index is 13.7. The van der Waals surface area contributed by atoms with Crippen LogP contribution in [0.4, 0.5) is 0 Å². The summed E-state index contributed by atoms with van der Waals surface area (Å²) in [4.78, 5) is 13.7. The number of quaternary nitrogens is 1. The lowest BCUT2D eigenvalue weighted by atomic mass is 9.97. The van der Waals surface area contributed by atoms with Gasteiger partial charge in [0, 0.05) is 30.0 Å². The first-order chi connectivity index (χ1) is 19.1. The number of furan rings is 1. The highest BCUT2D eigenvalue weighted by atomic mass is 32.2. The summed E-state index contributed by atoms with van der Waals surface area (Å²) < 4.78 is 35.6. The largest absolute Gasteiger partial charge is 0.633 e. The number of ketones is 1. The van der Waals surface area contributed by atoms with Gasteiger partial charge in [-0.3, -0.25) is 4.79 Å². The Balaban J connectivity index is 1.73. The molecular weight excluding hydrogens is 526 g/mol. The molecule has 0 radical (unpaired) electrons. The molecule has 0 unspecified atom stereocenters. The minimum atomic E-state index is -3.22. The average molecular weight is 572 g/mol. The van der Waals surface area contributed by atoms with E-state index in [9.17, 15) is 18.4 Å². The Morgan fingerprint density at radius 3 is 2.12 bits per heavy atom. The first-order valence-corrected chi connectivity index (χ1v) is 16.7. The highest BCUT2D eigenvalue weighted by Crippen LogP contribution is 2.31. The second kappa shape index (κ2) is 14.8. The van der Waals surface area contributed by atoms with Crippen molar-refractivity contribution >= 4 is 26.6 Å². The van der Waals surface area contributed by atoms with Crippen molar-refractivity contribution in [3.05, 3.63) is 70.1 Å². The zero-order valence-electron chi connectivity index (χ0n) is 24.5. The van der Waals surface area contributed by atoms with Crippen LogP contribution in [0, 0.1) is 5.21 Å². The van der Waals surface area contributed by atoms with Gasteiger partial charge in [0.05, 0.1) is 37.6 Å². The highest BCUT2D eigenvalue weighted by Gasteiger charge is 2.23. The molecule has 3 aromatic rings. The van der Waals surface area contributed by atoms with E-state index in [4.69, 9.17) is 9.15 Å². The van der Waals surface area contributed by atoms with E-state index in [0.717, 1.165) is 38.5 Å². The van der Waals surface area contributed by atoms with Gasteiger partial charge in [-0.15, -0.1) is 0 Å². The van der Waals surface area contributed by atoms with Crippen LogP contribution in [0.1, 0.15) is 93.0 Å². The summed E-state index contributed by atoms with van der Waals surface area (Å²) >= 11 is 0. The number of hydroxylamine groups is 3. The zero-order chi connectivity index (χ0) is 29.2. The molecule has 0 aliphatic rings. The molecule has 1 heterocycles. The Kier molecular flexibility index (Phi) is 11.8. The molecule has 40 heavy (non-hydrogen) atoms. The van der Waals surface area contributed by atoms with E-state index in [2.05, 4.69) is 20.8 Å². The summed E-state index contributed by atoms with van der Waals surface area (Å²) in [6.45, 7) is 8.62. The van der Waals surface area contributed by atoms with Crippen LogP contribution in [0.15, 0.2) is 46.9 Å². The van der Waals surface area contributed by atoms with Gasteiger partial charge in [0.25, 0.3) is 0 Å². The van der Waals surface area contributed by atoms with E-state index >= 15 is 0 Å².